The number of hydrogen-bond donors (Lipinski definition) is 1. The number of rotatable bonds is 7. The minimum atomic E-state index is 0.644. The highest BCUT2D eigenvalue weighted by molar-refractivity contribution is 9.10. The third-order valence-electron chi connectivity index (χ3n) is 2.56. The second kappa shape index (κ2) is 7.90. The molecule has 1 aromatic heterocycles. The molecule has 0 bridgehead atoms. The molecule has 1 N–H and O–H groups in total. The van der Waals surface area contributed by atoms with Gasteiger partial charge in [-0.25, -0.2) is 0 Å². The van der Waals surface area contributed by atoms with E-state index in [4.69, 9.17) is 16.3 Å². The Morgan fingerprint density at radius 1 is 1.26 bits per heavy atom. The molecule has 0 spiro atoms. The van der Waals surface area contributed by atoms with Crippen LogP contribution in [-0.2, 0) is 6.42 Å². The molecule has 0 fully saturated rings. The van der Waals surface area contributed by atoms with Gasteiger partial charge in [0.1, 0.15) is 12.4 Å². The predicted octanol–water partition coefficient (Wildman–Crippen LogP) is 4.38. The average Bonchev–Trinajstić information content (AvgIpc) is 2.89. The molecule has 0 saturated heterocycles. The van der Waals surface area contributed by atoms with Crippen LogP contribution in [0.1, 0.15) is 4.88 Å². The van der Waals surface area contributed by atoms with Crippen molar-refractivity contribution in [3.63, 3.8) is 0 Å². The lowest BCUT2D eigenvalue weighted by Gasteiger charge is -2.09. The summed E-state index contributed by atoms with van der Waals surface area (Å²) in [5.74, 6) is 0.824. The number of hydrogen-bond acceptors (Lipinski definition) is 3. The van der Waals surface area contributed by atoms with Gasteiger partial charge in [-0.05, 0) is 52.0 Å². The van der Waals surface area contributed by atoms with Crippen LogP contribution in [0.25, 0.3) is 0 Å². The van der Waals surface area contributed by atoms with E-state index in [2.05, 4.69) is 38.8 Å². The molecule has 1 heterocycles. The molecule has 2 aromatic rings. The Balaban J connectivity index is 1.61. The van der Waals surface area contributed by atoms with Gasteiger partial charge in [0.15, 0.2) is 0 Å². The third-order valence-corrected chi connectivity index (χ3v) is 4.35. The zero-order valence-electron chi connectivity index (χ0n) is 10.4. The van der Waals surface area contributed by atoms with Crippen LogP contribution < -0.4 is 10.1 Å². The Morgan fingerprint density at radius 2 is 2.16 bits per heavy atom. The molecule has 19 heavy (non-hydrogen) atoms. The fourth-order valence-corrected chi connectivity index (χ4v) is 3.12. The van der Waals surface area contributed by atoms with Gasteiger partial charge in [0.05, 0.1) is 4.47 Å². The van der Waals surface area contributed by atoms with Crippen LogP contribution >= 0.6 is 38.9 Å². The molecule has 1 aromatic carbocycles. The van der Waals surface area contributed by atoms with Gasteiger partial charge in [0, 0.05) is 23.0 Å². The first-order chi connectivity index (χ1) is 9.25. The highest BCUT2D eigenvalue weighted by Crippen LogP contribution is 2.27. The van der Waals surface area contributed by atoms with Crippen molar-refractivity contribution in [2.75, 3.05) is 19.7 Å². The standard InChI is InChI=1S/C14H15BrClNOS/c15-13-10-11(16)3-4-14(13)18-8-7-17-6-5-12-2-1-9-19-12/h1-4,9-10,17H,5-8H2. The van der Waals surface area contributed by atoms with Gasteiger partial charge in [-0.1, -0.05) is 17.7 Å². The van der Waals surface area contributed by atoms with Crippen LogP contribution in [0.4, 0.5) is 0 Å². The molecule has 102 valence electrons. The number of halogens is 2. The predicted molar refractivity (Wildman–Crippen MR) is 85.5 cm³/mol. The Hall–Kier alpha value is -0.550. The Morgan fingerprint density at radius 3 is 2.89 bits per heavy atom. The van der Waals surface area contributed by atoms with Crippen molar-refractivity contribution in [1.29, 1.82) is 0 Å². The van der Waals surface area contributed by atoms with Crippen LogP contribution in [0, 0.1) is 0 Å². The first-order valence-electron chi connectivity index (χ1n) is 6.06. The van der Waals surface area contributed by atoms with Gasteiger partial charge in [0.25, 0.3) is 0 Å². The maximum atomic E-state index is 5.87. The average molecular weight is 361 g/mol. The summed E-state index contributed by atoms with van der Waals surface area (Å²) in [4.78, 5) is 1.41. The molecule has 2 nitrogen and oxygen atoms in total. The Bertz CT molecular complexity index is 504. The van der Waals surface area contributed by atoms with Crippen molar-refractivity contribution in [2.24, 2.45) is 0 Å². The van der Waals surface area contributed by atoms with Crippen molar-refractivity contribution in [3.05, 3.63) is 50.1 Å². The number of thiophene rings is 1. The summed E-state index contributed by atoms with van der Waals surface area (Å²) in [7, 11) is 0. The van der Waals surface area contributed by atoms with Crippen LogP contribution in [0.2, 0.25) is 5.02 Å². The van der Waals surface area contributed by atoms with Crippen molar-refractivity contribution in [3.8, 4) is 5.75 Å². The van der Waals surface area contributed by atoms with E-state index in [1.165, 1.54) is 4.88 Å². The van der Waals surface area contributed by atoms with E-state index in [-0.39, 0.29) is 0 Å². The monoisotopic (exact) mass is 359 g/mol. The molecular formula is C14H15BrClNOS. The second-order valence-corrected chi connectivity index (χ2v) is 6.33. The van der Waals surface area contributed by atoms with E-state index in [9.17, 15) is 0 Å². The van der Waals surface area contributed by atoms with Crippen molar-refractivity contribution in [2.45, 2.75) is 6.42 Å². The highest BCUT2D eigenvalue weighted by Gasteiger charge is 2.01. The van der Waals surface area contributed by atoms with Gasteiger partial charge in [-0.2, -0.15) is 0 Å². The molecule has 0 atom stereocenters. The molecule has 0 aliphatic rings. The van der Waals surface area contributed by atoms with Crippen LogP contribution in [0.5, 0.6) is 5.75 Å². The molecule has 0 radical (unpaired) electrons. The minimum absolute atomic E-state index is 0.644. The zero-order chi connectivity index (χ0) is 13.5. The quantitative estimate of drug-likeness (QED) is 0.740. The first kappa shape index (κ1) is 14.9. The maximum absolute atomic E-state index is 5.87. The number of benzene rings is 1. The molecule has 0 saturated carbocycles. The van der Waals surface area contributed by atoms with E-state index in [0.29, 0.717) is 11.6 Å². The summed E-state index contributed by atoms with van der Waals surface area (Å²) < 4.78 is 6.55. The first-order valence-corrected chi connectivity index (χ1v) is 8.12. The van der Waals surface area contributed by atoms with Gasteiger partial charge < -0.3 is 10.1 Å². The number of ether oxygens (including phenoxy) is 1. The molecule has 0 amide bonds. The minimum Gasteiger partial charge on any atom is -0.491 e. The zero-order valence-corrected chi connectivity index (χ0v) is 13.5. The van der Waals surface area contributed by atoms with E-state index in [0.717, 1.165) is 29.7 Å². The fraction of sp³-hybridized carbons (Fsp3) is 0.286. The lowest BCUT2D eigenvalue weighted by atomic mass is 10.3. The molecular weight excluding hydrogens is 346 g/mol. The van der Waals surface area contributed by atoms with Crippen LogP contribution in [0.15, 0.2) is 40.2 Å². The summed E-state index contributed by atoms with van der Waals surface area (Å²) >= 11 is 11.1. The fourth-order valence-electron chi connectivity index (χ4n) is 1.62. The molecule has 0 aliphatic heterocycles. The van der Waals surface area contributed by atoms with Gasteiger partial charge in [-0.3, -0.25) is 0 Å². The molecule has 5 heteroatoms. The Kier molecular flexibility index (Phi) is 6.17. The summed E-state index contributed by atoms with van der Waals surface area (Å²) in [6.45, 7) is 2.46. The van der Waals surface area contributed by atoms with Crippen LogP contribution in [0.3, 0.4) is 0 Å². The SMILES string of the molecule is Clc1ccc(OCCNCCc2cccs2)c(Br)c1. The van der Waals surface area contributed by atoms with E-state index in [1.54, 1.807) is 11.3 Å². The maximum Gasteiger partial charge on any atom is 0.133 e. The van der Waals surface area contributed by atoms with Gasteiger partial charge in [-0.15, -0.1) is 11.3 Å². The molecule has 0 aliphatic carbocycles. The van der Waals surface area contributed by atoms with Crippen LogP contribution in [-0.4, -0.2) is 19.7 Å². The smallest absolute Gasteiger partial charge is 0.133 e. The number of nitrogens with one attached hydrogen (secondary N) is 1. The van der Waals surface area contributed by atoms with E-state index < -0.39 is 0 Å². The van der Waals surface area contributed by atoms with Crippen molar-refractivity contribution in [1.82, 2.24) is 5.32 Å². The normalized spacial score (nSPS) is 10.6. The summed E-state index contributed by atoms with van der Waals surface area (Å²) in [5, 5.41) is 6.17. The second-order valence-electron chi connectivity index (χ2n) is 4.00. The largest absolute Gasteiger partial charge is 0.491 e. The lowest BCUT2D eigenvalue weighted by Crippen LogP contribution is -2.23. The summed E-state index contributed by atoms with van der Waals surface area (Å²) in [6.07, 6.45) is 1.07. The highest BCUT2D eigenvalue weighted by atomic mass is 79.9. The lowest BCUT2D eigenvalue weighted by molar-refractivity contribution is 0.313. The topological polar surface area (TPSA) is 21.3 Å². The summed E-state index contributed by atoms with van der Waals surface area (Å²) in [5.41, 5.74) is 0. The summed E-state index contributed by atoms with van der Waals surface area (Å²) in [6, 6.07) is 9.78. The van der Waals surface area contributed by atoms with Crippen molar-refractivity contribution >= 4 is 38.9 Å². The molecule has 0 unspecified atom stereocenters. The van der Waals surface area contributed by atoms with E-state index in [1.807, 2.05) is 18.2 Å². The third kappa shape index (κ3) is 5.15. The van der Waals surface area contributed by atoms with Gasteiger partial charge >= 0.3 is 0 Å². The molecule has 2 rings (SSSR count). The van der Waals surface area contributed by atoms with E-state index >= 15 is 0 Å². The van der Waals surface area contributed by atoms with Gasteiger partial charge in [0.2, 0.25) is 0 Å². The van der Waals surface area contributed by atoms with Crippen molar-refractivity contribution < 1.29 is 4.74 Å². The Labute approximate surface area is 130 Å².